The van der Waals surface area contributed by atoms with Crippen molar-refractivity contribution in [2.75, 3.05) is 0 Å². The molecule has 0 fully saturated rings. The lowest BCUT2D eigenvalue weighted by Gasteiger charge is -2.08. The van der Waals surface area contributed by atoms with Gasteiger partial charge in [0.2, 0.25) is 0 Å². The van der Waals surface area contributed by atoms with Gasteiger partial charge >= 0.3 is 0 Å². The Hall–Kier alpha value is -0.730. The second-order valence-electron chi connectivity index (χ2n) is 3.04. The summed E-state index contributed by atoms with van der Waals surface area (Å²) in [6.45, 7) is 1.40. The van der Waals surface area contributed by atoms with Crippen molar-refractivity contribution in [3.05, 3.63) is 29.3 Å². The molecule has 0 radical (unpaired) electrons. The molecule has 0 bridgehead atoms. The van der Waals surface area contributed by atoms with E-state index >= 15 is 0 Å². The molecule has 0 saturated carbocycles. The van der Waals surface area contributed by atoms with Crippen LogP contribution in [0.2, 0.25) is 0 Å². The number of phenols is 1. The van der Waals surface area contributed by atoms with E-state index in [1.54, 1.807) is 12.1 Å². The van der Waals surface area contributed by atoms with Gasteiger partial charge in [0, 0.05) is 5.88 Å². The largest absolute Gasteiger partial charge is 0.508 e. The smallest absolute Gasteiger partial charge is 0.152 e. The number of carbonyl (C=O) groups excluding carboxylic acids is 1. The summed E-state index contributed by atoms with van der Waals surface area (Å²) in [4.78, 5) is 11.0. The fraction of sp³-hybridized carbons (Fsp3) is 0.300. The number of rotatable bonds is 3. The number of hydrogen-bond acceptors (Lipinski definition) is 2. The molecule has 1 aromatic carbocycles. The molecule has 1 rings (SSSR count). The summed E-state index contributed by atoms with van der Waals surface area (Å²) in [5.74, 6) is 0.200. The molecule has 1 N–H and O–H groups in total. The number of phenolic OH excluding ortho intramolecular Hbond substituents is 1. The molecule has 4 heteroatoms. The summed E-state index contributed by atoms with van der Waals surface area (Å²) >= 11 is 11.5. The summed E-state index contributed by atoms with van der Waals surface area (Å²) in [5.41, 5.74) is 1.32. The first kappa shape index (κ1) is 11.3. The topological polar surface area (TPSA) is 37.3 Å². The van der Waals surface area contributed by atoms with Crippen molar-refractivity contribution >= 4 is 29.0 Å². The Morgan fingerprint density at radius 1 is 1.50 bits per heavy atom. The Morgan fingerprint density at radius 2 is 2.14 bits per heavy atom. The van der Waals surface area contributed by atoms with Gasteiger partial charge in [-0.2, -0.15) is 0 Å². The number of benzene rings is 1. The molecule has 0 saturated heterocycles. The Kier molecular flexibility index (Phi) is 3.78. The summed E-state index contributed by atoms with van der Waals surface area (Å²) in [7, 11) is 0. The lowest BCUT2D eigenvalue weighted by atomic mass is 10.1. The van der Waals surface area contributed by atoms with Gasteiger partial charge in [-0.25, -0.2) is 0 Å². The number of Topliss-reactive ketones (excluding diaryl/α,β-unsaturated/α-hetero) is 1. The van der Waals surface area contributed by atoms with Crippen molar-refractivity contribution in [3.63, 3.8) is 0 Å². The Bertz CT molecular complexity index is 350. The third-order valence-corrected chi connectivity index (χ3v) is 2.67. The Morgan fingerprint density at radius 3 is 2.64 bits per heavy atom. The Balaban J connectivity index is 3.08. The zero-order valence-corrected chi connectivity index (χ0v) is 9.14. The number of ketones is 1. The standard InChI is InChI=1S/C10H10Cl2O2/c1-6(13)10(12)8-2-7(5-11)3-9(14)4-8/h2-4,10,14H,5H2,1H3. The molecule has 1 unspecified atom stereocenters. The molecule has 0 heterocycles. The number of alkyl halides is 2. The van der Waals surface area contributed by atoms with Crippen molar-refractivity contribution in [1.82, 2.24) is 0 Å². The second-order valence-corrected chi connectivity index (χ2v) is 3.74. The van der Waals surface area contributed by atoms with Crippen LogP contribution in [-0.4, -0.2) is 10.9 Å². The van der Waals surface area contributed by atoms with Crippen LogP contribution in [0.3, 0.4) is 0 Å². The molecule has 0 amide bonds. The second kappa shape index (κ2) is 4.67. The third-order valence-electron chi connectivity index (χ3n) is 1.80. The number of carbonyl (C=O) groups is 1. The first-order chi connectivity index (χ1) is 6.54. The molecule has 0 aromatic heterocycles. The molecule has 0 aliphatic carbocycles. The fourth-order valence-electron chi connectivity index (χ4n) is 1.16. The van der Waals surface area contributed by atoms with Crippen LogP contribution in [0.5, 0.6) is 5.75 Å². The van der Waals surface area contributed by atoms with E-state index in [4.69, 9.17) is 23.2 Å². The molecular weight excluding hydrogens is 223 g/mol. The summed E-state index contributed by atoms with van der Waals surface area (Å²) in [6, 6.07) is 4.72. The van der Waals surface area contributed by atoms with Gasteiger partial charge in [0.05, 0.1) is 0 Å². The SMILES string of the molecule is CC(=O)C(Cl)c1cc(O)cc(CCl)c1. The minimum absolute atomic E-state index is 0.0741. The number of hydrogen-bond donors (Lipinski definition) is 1. The molecule has 1 aromatic rings. The van der Waals surface area contributed by atoms with Crippen molar-refractivity contribution in [3.8, 4) is 5.75 Å². The Labute approximate surface area is 92.5 Å². The number of halogens is 2. The molecule has 0 aliphatic heterocycles. The van der Waals surface area contributed by atoms with Crippen molar-refractivity contribution in [2.45, 2.75) is 18.2 Å². The van der Waals surface area contributed by atoms with E-state index in [1.807, 2.05) is 0 Å². The highest BCUT2D eigenvalue weighted by Crippen LogP contribution is 2.26. The van der Waals surface area contributed by atoms with Gasteiger partial charge in [0.1, 0.15) is 11.1 Å². The average molecular weight is 233 g/mol. The molecular formula is C10H10Cl2O2. The van der Waals surface area contributed by atoms with Crippen LogP contribution in [0.1, 0.15) is 23.4 Å². The summed E-state index contributed by atoms with van der Waals surface area (Å²) < 4.78 is 0. The average Bonchev–Trinajstić information content (AvgIpc) is 2.15. The number of aromatic hydroxyl groups is 1. The van der Waals surface area contributed by atoms with E-state index in [0.29, 0.717) is 5.56 Å². The molecule has 1 atom stereocenters. The van der Waals surface area contributed by atoms with E-state index < -0.39 is 5.38 Å². The van der Waals surface area contributed by atoms with Crippen LogP contribution < -0.4 is 0 Å². The van der Waals surface area contributed by atoms with Gasteiger partial charge in [-0.1, -0.05) is 6.07 Å². The minimum Gasteiger partial charge on any atom is -0.508 e. The predicted octanol–water partition coefficient (Wildman–Crippen LogP) is 3.00. The highest BCUT2D eigenvalue weighted by molar-refractivity contribution is 6.30. The van der Waals surface area contributed by atoms with E-state index in [2.05, 4.69) is 0 Å². The van der Waals surface area contributed by atoms with Crippen LogP contribution in [0, 0.1) is 0 Å². The highest BCUT2D eigenvalue weighted by Gasteiger charge is 2.14. The zero-order valence-electron chi connectivity index (χ0n) is 7.63. The van der Waals surface area contributed by atoms with E-state index in [-0.39, 0.29) is 17.4 Å². The van der Waals surface area contributed by atoms with Gasteiger partial charge in [0.25, 0.3) is 0 Å². The molecule has 2 nitrogen and oxygen atoms in total. The molecule has 0 spiro atoms. The van der Waals surface area contributed by atoms with Crippen LogP contribution in [0.4, 0.5) is 0 Å². The monoisotopic (exact) mass is 232 g/mol. The lowest BCUT2D eigenvalue weighted by molar-refractivity contribution is -0.116. The lowest BCUT2D eigenvalue weighted by Crippen LogP contribution is -2.01. The first-order valence-electron chi connectivity index (χ1n) is 4.08. The van der Waals surface area contributed by atoms with Gasteiger partial charge in [-0.3, -0.25) is 4.79 Å². The van der Waals surface area contributed by atoms with E-state index in [0.717, 1.165) is 5.56 Å². The van der Waals surface area contributed by atoms with Crippen LogP contribution in [0.25, 0.3) is 0 Å². The maximum absolute atomic E-state index is 11.0. The zero-order chi connectivity index (χ0) is 10.7. The molecule has 0 aliphatic rings. The maximum Gasteiger partial charge on any atom is 0.152 e. The summed E-state index contributed by atoms with van der Waals surface area (Å²) in [5, 5.41) is 8.61. The van der Waals surface area contributed by atoms with Crippen molar-refractivity contribution in [1.29, 1.82) is 0 Å². The first-order valence-corrected chi connectivity index (χ1v) is 5.05. The predicted molar refractivity (Wildman–Crippen MR) is 56.9 cm³/mol. The van der Waals surface area contributed by atoms with Crippen molar-refractivity contribution < 1.29 is 9.90 Å². The van der Waals surface area contributed by atoms with E-state index in [1.165, 1.54) is 13.0 Å². The maximum atomic E-state index is 11.0. The van der Waals surface area contributed by atoms with Gasteiger partial charge in [-0.05, 0) is 30.2 Å². The molecule has 14 heavy (non-hydrogen) atoms. The summed E-state index contributed by atoms with van der Waals surface area (Å²) in [6.07, 6.45) is 0. The normalized spacial score (nSPS) is 12.5. The van der Waals surface area contributed by atoms with Crippen LogP contribution >= 0.6 is 23.2 Å². The van der Waals surface area contributed by atoms with Gasteiger partial charge < -0.3 is 5.11 Å². The van der Waals surface area contributed by atoms with Crippen LogP contribution in [0.15, 0.2) is 18.2 Å². The molecule has 76 valence electrons. The third kappa shape index (κ3) is 2.63. The van der Waals surface area contributed by atoms with Gasteiger partial charge in [0.15, 0.2) is 5.78 Å². The minimum atomic E-state index is -0.718. The van der Waals surface area contributed by atoms with Crippen LogP contribution in [-0.2, 0) is 10.7 Å². The van der Waals surface area contributed by atoms with Gasteiger partial charge in [-0.15, -0.1) is 23.2 Å². The van der Waals surface area contributed by atoms with Crippen molar-refractivity contribution in [2.24, 2.45) is 0 Å². The fourth-order valence-corrected chi connectivity index (χ4v) is 1.44. The highest BCUT2D eigenvalue weighted by atomic mass is 35.5. The quantitative estimate of drug-likeness (QED) is 0.814. The van der Waals surface area contributed by atoms with E-state index in [9.17, 15) is 9.90 Å².